The Morgan fingerprint density at radius 1 is 1.89 bits per heavy atom. The first kappa shape index (κ1) is 8.25. The highest BCUT2D eigenvalue weighted by molar-refractivity contribution is 8.06. The predicted octanol–water partition coefficient (Wildman–Crippen LogP) is 1.69. The molecule has 0 aliphatic heterocycles. The zero-order valence-corrected chi connectivity index (χ0v) is 5.94. The fourth-order valence-electron chi connectivity index (χ4n) is 0.258. The summed E-state index contributed by atoms with van der Waals surface area (Å²) in [6.07, 6.45) is 1.91. The molecule has 0 heterocycles. The molecule has 0 amide bonds. The zero-order chi connectivity index (χ0) is 7.11. The van der Waals surface area contributed by atoms with Crippen molar-refractivity contribution in [2.24, 2.45) is 0 Å². The molecule has 0 aromatic rings. The lowest BCUT2D eigenvalue weighted by atomic mass is 10.3. The summed E-state index contributed by atoms with van der Waals surface area (Å²) in [4.78, 5) is 10.5. The molecule has 0 rings (SSSR count). The van der Waals surface area contributed by atoms with Crippen LogP contribution < -0.4 is 0 Å². The molecule has 0 spiro atoms. The molecule has 2 nitrogen and oxygen atoms in total. The molecular formula is C6H7NOS. The molecule has 0 N–H and O–H groups in total. The average molecular weight is 141 g/mol. The minimum absolute atomic E-state index is 0.0535. The Labute approximate surface area is 58.6 Å². The van der Waals surface area contributed by atoms with Crippen LogP contribution in [-0.4, -0.2) is 5.78 Å². The highest BCUT2D eigenvalue weighted by Crippen LogP contribution is 1.97. The second kappa shape index (κ2) is 5.39. The van der Waals surface area contributed by atoms with Gasteiger partial charge in [-0.2, -0.15) is 5.26 Å². The highest BCUT2D eigenvalue weighted by Gasteiger charge is 1.86. The number of nitriles is 1. The highest BCUT2D eigenvalue weighted by atomic mass is 32.2. The molecule has 0 atom stereocenters. The number of thioether (sulfide) groups is 1. The fourth-order valence-corrected chi connectivity index (χ4v) is 0.539. The summed E-state index contributed by atoms with van der Waals surface area (Å²) in [6.45, 7) is 1.78. The molecule has 0 bridgehead atoms. The number of hydrogen-bond acceptors (Lipinski definition) is 3. The number of allylic oxidation sites excluding steroid dienone is 1. The summed E-state index contributed by atoms with van der Waals surface area (Å²) in [5, 5.41) is 11.3. The monoisotopic (exact) mass is 141 g/mol. The topological polar surface area (TPSA) is 40.9 Å². The molecule has 48 valence electrons. The van der Waals surface area contributed by atoms with Crippen molar-refractivity contribution in [2.75, 3.05) is 0 Å². The van der Waals surface area contributed by atoms with Crippen LogP contribution in [0.2, 0.25) is 0 Å². The van der Waals surface area contributed by atoms with E-state index in [4.69, 9.17) is 5.26 Å². The lowest BCUT2D eigenvalue weighted by Crippen LogP contribution is -1.85. The Morgan fingerprint density at radius 3 is 3.00 bits per heavy atom. The van der Waals surface area contributed by atoms with Gasteiger partial charge in [0.25, 0.3) is 0 Å². The van der Waals surface area contributed by atoms with E-state index in [9.17, 15) is 4.79 Å². The van der Waals surface area contributed by atoms with E-state index >= 15 is 0 Å². The molecule has 9 heavy (non-hydrogen) atoms. The number of thiocyanates is 1. The van der Waals surface area contributed by atoms with Crippen LogP contribution >= 0.6 is 11.8 Å². The van der Waals surface area contributed by atoms with Crippen molar-refractivity contribution in [3.05, 3.63) is 11.5 Å². The summed E-state index contributed by atoms with van der Waals surface area (Å²) in [5.41, 5.74) is 0. The lowest BCUT2D eigenvalue weighted by molar-refractivity contribution is -0.114. The first-order valence-electron chi connectivity index (χ1n) is 2.55. The minimum Gasteiger partial charge on any atom is -0.295 e. The van der Waals surface area contributed by atoms with Crippen LogP contribution in [0.25, 0.3) is 0 Å². The van der Waals surface area contributed by atoms with Gasteiger partial charge >= 0.3 is 0 Å². The summed E-state index contributed by atoms with van der Waals surface area (Å²) in [7, 11) is 0. The number of carbonyl (C=O) groups excluding carboxylic acids is 1. The maximum atomic E-state index is 10.5. The Balaban J connectivity index is 3.47. The van der Waals surface area contributed by atoms with Gasteiger partial charge in [-0.05, 0) is 23.2 Å². The quantitative estimate of drug-likeness (QED) is 0.443. The Bertz CT molecular complexity index is 157. The van der Waals surface area contributed by atoms with Crippen LogP contribution in [0.3, 0.4) is 0 Å². The third-order valence-electron chi connectivity index (χ3n) is 0.723. The van der Waals surface area contributed by atoms with Crippen molar-refractivity contribution in [1.82, 2.24) is 0 Å². The average Bonchev–Trinajstić information content (AvgIpc) is 1.89. The maximum absolute atomic E-state index is 10.5. The smallest absolute Gasteiger partial charge is 0.155 e. The molecule has 0 radical (unpaired) electrons. The Kier molecular flexibility index (Phi) is 4.94. The van der Waals surface area contributed by atoms with Crippen LogP contribution in [0, 0.1) is 10.7 Å². The van der Waals surface area contributed by atoms with Crippen LogP contribution in [-0.2, 0) is 4.79 Å². The van der Waals surface area contributed by atoms with E-state index < -0.39 is 0 Å². The van der Waals surface area contributed by atoms with Gasteiger partial charge in [-0.25, -0.2) is 0 Å². The maximum Gasteiger partial charge on any atom is 0.155 e. The van der Waals surface area contributed by atoms with Gasteiger partial charge in [0.05, 0.1) is 0 Å². The molecule has 3 heteroatoms. The normalized spacial score (nSPS) is 9.33. The molecule has 0 aliphatic carbocycles. The largest absolute Gasteiger partial charge is 0.295 e. The summed E-state index contributed by atoms with van der Waals surface area (Å²) >= 11 is 0.956. The standard InChI is InChI=1S/C6H7NOS/c1-2-6(8)3-4-9-5-7/h3-4H,2H2,1H3/b4-3-. The minimum atomic E-state index is 0.0535. The molecule has 0 aromatic carbocycles. The van der Waals surface area contributed by atoms with E-state index in [2.05, 4.69) is 0 Å². The van der Waals surface area contributed by atoms with E-state index in [0.29, 0.717) is 6.42 Å². The van der Waals surface area contributed by atoms with E-state index in [1.807, 2.05) is 5.40 Å². The molecule has 0 saturated carbocycles. The van der Waals surface area contributed by atoms with Crippen molar-refractivity contribution < 1.29 is 4.79 Å². The SMILES string of the molecule is CCC(=O)/C=C\SC#N. The zero-order valence-electron chi connectivity index (χ0n) is 5.13. The van der Waals surface area contributed by atoms with Crippen molar-refractivity contribution in [3.8, 4) is 5.40 Å². The third-order valence-corrected chi connectivity index (χ3v) is 1.10. The predicted molar refractivity (Wildman–Crippen MR) is 37.6 cm³/mol. The molecular weight excluding hydrogens is 134 g/mol. The van der Waals surface area contributed by atoms with Gasteiger partial charge in [-0.3, -0.25) is 4.79 Å². The number of hydrogen-bond donors (Lipinski definition) is 0. The number of rotatable bonds is 3. The summed E-state index contributed by atoms with van der Waals surface area (Å²) in [5.74, 6) is 0.0535. The van der Waals surface area contributed by atoms with Gasteiger partial charge in [0.15, 0.2) is 5.78 Å². The van der Waals surface area contributed by atoms with Crippen LogP contribution in [0.5, 0.6) is 0 Å². The first-order valence-corrected chi connectivity index (χ1v) is 3.43. The Hall–Kier alpha value is -0.750. The summed E-state index contributed by atoms with van der Waals surface area (Å²) < 4.78 is 0. The fraction of sp³-hybridized carbons (Fsp3) is 0.333. The number of nitrogens with zero attached hydrogens (tertiary/aromatic N) is 1. The number of ketones is 1. The van der Waals surface area contributed by atoms with E-state index in [1.165, 1.54) is 11.5 Å². The first-order chi connectivity index (χ1) is 4.31. The molecule has 0 saturated heterocycles. The third kappa shape index (κ3) is 5.12. The van der Waals surface area contributed by atoms with Gasteiger partial charge in [0.2, 0.25) is 0 Å². The van der Waals surface area contributed by atoms with Crippen LogP contribution in [0.15, 0.2) is 11.5 Å². The van der Waals surface area contributed by atoms with Crippen molar-refractivity contribution in [2.45, 2.75) is 13.3 Å². The van der Waals surface area contributed by atoms with Crippen molar-refractivity contribution in [3.63, 3.8) is 0 Å². The van der Waals surface area contributed by atoms with Gasteiger partial charge in [0, 0.05) is 6.42 Å². The van der Waals surface area contributed by atoms with Gasteiger partial charge in [-0.1, -0.05) is 6.92 Å². The molecule has 0 aromatic heterocycles. The summed E-state index contributed by atoms with van der Waals surface area (Å²) in [6, 6.07) is 0. The van der Waals surface area contributed by atoms with Crippen molar-refractivity contribution in [1.29, 1.82) is 5.26 Å². The molecule has 0 fully saturated rings. The molecule has 0 aliphatic rings. The van der Waals surface area contributed by atoms with Gasteiger partial charge in [-0.15, -0.1) is 0 Å². The van der Waals surface area contributed by atoms with E-state index in [1.54, 1.807) is 6.92 Å². The lowest BCUT2D eigenvalue weighted by Gasteiger charge is -1.79. The van der Waals surface area contributed by atoms with E-state index in [0.717, 1.165) is 11.8 Å². The second-order valence-corrected chi connectivity index (χ2v) is 2.02. The van der Waals surface area contributed by atoms with Crippen LogP contribution in [0.1, 0.15) is 13.3 Å². The second-order valence-electron chi connectivity index (χ2n) is 1.33. The molecule has 0 unspecified atom stereocenters. The van der Waals surface area contributed by atoms with Crippen molar-refractivity contribution >= 4 is 17.5 Å². The van der Waals surface area contributed by atoms with E-state index in [-0.39, 0.29) is 5.78 Å². The Morgan fingerprint density at radius 2 is 2.56 bits per heavy atom. The van der Waals surface area contributed by atoms with Crippen LogP contribution in [0.4, 0.5) is 0 Å². The van der Waals surface area contributed by atoms with Gasteiger partial charge < -0.3 is 0 Å². The van der Waals surface area contributed by atoms with Gasteiger partial charge in [0.1, 0.15) is 5.40 Å². The number of carbonyl (C=O) groups is 1.